The van der Waals surface area contributed by atoms with Crippen LogP contribution in [0.4, 0.5) is 5.69 Å². The van der Waals surface area contributed by atoms with E-state index in [1.807, 2.05) is 38.4 Å². The molecule has 0 aliphatic heterocycles. The van der Waals surface area contributed by atoms with E-state index in [1.54, 1.807) is 17.9 Å². The summed E-state index contributed by atoms with van der Waals surface area (Å²) in [4.78, 5) is 12.4. The van der Waals surface area contributed by atoms with Crippen molar-refractivity contribution in [3.8, 4) is 0 Å². The van der Waals surface area contributed by atoms with Crippen LogP contribution in [-0.2, 0) is 11.8 Å². The molecule has 6 heteroatoms. The van der Waals surface area contributed by atoms with Gasteiger partial charge >= 0.3 is 0 Å². The molecule has 0 bridgehead atoms. The average Bonchev–Trinajstić information content (AvgIpc) is 2.82. The summed E-state index contributed by atoms with van der Waals surface area (Å²) in [6.07, 6.45) is 3.52. The van der Waals surface area contributed by atoms with Gasteiger partial charge in [0, 0.05) is 29.0 Å². The van der Waals surface area contributed by atoms with E-state index < -0.39 is 6.04 Å². The summed E-state index contributed by atoms with van der Waals surface area (Å²) in [6.45, 7) is 1.96. The first-order valence-electron chi connectivity index (χ1n) is 6.24. The second-order valence-electron chi connectivity index (χ2n) is 4.57. The van der Waals surface area contributed by atoms with E-state index in [0.29, 0.717) is 0 Å². The molecule has 0 aliphatic carbocycles. The molecular formula is C14H17BrN4O. The van der Waals surface area contributed by atoms with Gasteiger partial charge in [-0.3, -0.25) is 9.48 Å². The Morgan fingerprint density at radius 2 is 2.20 bits per heavy atom. The minimum atomic E-state index is -0.429. The minimum Gasteiger partial charge on any atom is -0.324 e. The summed E-state index contributed by atoms with van der Waals surface area (Å²) in [6, 6.07) is 5.29. The number of carbonyl (C=O) groups is 1. The van der Waals surface area contributed by atoms with Gasteiger partial charge in [0.2, 0.25) is 5.91 Å². The number of anilines is 1. The van der Waals surface area contributed by atoms with E-state index in [9.17, 15) is 4.79 Å². The van der Waals surface area contributed by atoms with Crippen molar-refractivity contribution in [3.05, 3.63) is 46.2 Å². The quantitative estimate of drug-likeness (QED) is 0.901. The van der Waals surface area contributed by atoms with E-state index >= 15 is 0 Å². The lowest BCUT2D eigenvalue weighted by Gasteiger charge is -2.16. The van der Waals surface area contributed by atoms with Crippen molar-refractivity contribution >= 4 is 27.5 Å². The van der Waals surface area contributed by atoms with Gasteiger partial charge in [-0.25, -0.2) is 0 Å². The van der Waals surface area contributed by atoms with Crippen molar-refractivity contribution in [2.24, 2.45) is 7.05 Å². The molecular weight excluding hydrogens is 320 g/mol. The average molecular weight is 337 g/mol. The Kier molecular flexibility index (Phi) is 4.57. The van der Waals surface area contributed by atoms with Crippen LogP contribution in [0, 0.1) is 6.92 Å². The fourth-order valence-electron chi connectivity index (χ4n) is 1.99. The molecule has 2 rings (SSSR count). The lowest BCUT2D eigenvalue weighted by atomic mass is 10.1. The lowest BCUT2D eigenvalue weighted by Crippen LogP contribution is -2.30. The van der Waals surface area contributed by atoms with Gasteiger partial charge in [0.05, 0.1) is 6.20 Å². The third-order valence-corrected chi connectivity index (χ3v) is 3.99. The Labute approximate surface area is 126 Å². The topological polar surface area (TPSA) is 59.0 Å². The number of nitrogens with one attached hydrogen (secondary N) is 2. The number of hydrogen-bond acceptors (Lipinski definition) is 3. The molecule has 1 unspecified atom stereocenters. The number of halogens is 1. The third-order valence-electron chi connectivity index (χ3n) is 3.13. The van der Waals surface area contributed by atoms with Gasteiger partial charge in [0.15, 0.2) is 0 Å². The normalized spacial score (nSPS) is 12.2. The van der Waals surface area contributed by atoms with Crippen molar-refractivity contribution in [2.75, 3.05) is 12.4 Å². The Morgan fingerprint density at radius 3 is 2.80 bits per heavy atom. The molecule has 5 nitrogen and oxygen atoms in total. The zero-order chi connectivity index (χ0) is 14.7. The number of benzene rings is 1. The molecule has 1 aromatic carbocycles. The van der Waals surface area contributed by atoms with Crippen LogP contribution in [-0.4, -0.2) is 22.7 Å². The number of hydrogen-bond donors (Lipinski definition) is 2. The molecule has 2 aromatic rings. The van der Waals surface area contributed by atoms with Crippen molar-refractivity contribution in [1.82, 2.24) is 15.1 Å². The van der Waals surface area contributed by atoms with Gasteiger partial charge < -0.3 is 10.6 Å². The van der Waals surface area contributed by atoms with E-state index in [0.717, 1.165) is 21.3 Å². The Morgan fingerprint density at radius 1 is 1.45 bits per heavy atom. The van der Waals surface area contributed by atoms with Crippen LogP contribution in [0.1, 0.15) is 17.2 Å². The number of carbonyl (C=O) groups excluding carboxylic acids is 1. The second kappa shape index (κ2) is 6.19. The maximum absolute atomic E-state index is 12.4. The van der Waals surface area contributed by atoms with E-state index in [2.05, 4.69) is 31.7 Å². The molecule has 20 heavy (non-hydrogen) atoms. The Bertz CT molecular complexity index is 623. The van der Waals surface area contributed by atoms with Gasteiger partial charge in [-0.1, -0.05) is 22.0 Å². The van der Waals surface area contributed by atoms with Gasteiger partial charge in [0.1, 0.15) is 6.04 Å². The summed E-state index contributed by atoms with van der Waals surface area (Å²) in [7, 11) is 3.58. The van der Waals surface area contributed by atoms with Crippen LogP contribution in [0.15, 0.2) is 35.1 Å². The number of amides is 1. The number of aryl methyl sites for hydroxylation is 1. The van der Waals surface area contributed by atoms with Crippen LogP contribution < -0.4 is 10.6 Å². The fourth-order valence-corrected chi connectivity index (χ4v) is 2.35. The first-order valence-corrected chi connectivity index (χ1v) is 7.04. The van der Waals surface area contributed by atoms with E-state index in [1.165, 1.54) is 0 Å². The Balaban J connectivity index is 2.20. The predicted molar refractivity (Wildman–Crippen MR) is 82.5 cm³/mol. The smallest absolute Gasteiger partial charge is 0.246 e. The van der Waals surface area contributed by atoms with Crippen LogP contribution >= 0.6 is 15.9 Å². The summed E-state index contributed by atoms with van der Waals surface area (Å²) in [5.74, 6) is -0.110. The summed E-state index contributed by atoms with van der Waals surface area (Å²) >= 11 is 3.46. The zero-order valence-corrected chi connectivity index (χ0v) is 13.2. The first kappa shape index (κ1) is 14.7. The lowest BCUT2D eigenvalue weighted by molar-refractivity contribution is -0.118. The maximum atomic E-state index is 12.4. The summed E-state index contributed by atoms with van der Waals surface area (Å²) in [5, 5.41) is 10.0. The van der Waals surface area contributed by atoms with E-state index in [-0.39, 0.29) is 5.91 Å². The van der Waals surface area contributed by atoms with Crippen LogP contribution in [0.3, 0.4) is 0 Å². The molecule has 1 aromatic heterocycles. The highest BCUT2D eigenvalue weighted by Gasteiger charge is 2.20. The molecule has 1 heterocycles. The summed E-state index contributed by atoms with van der Waals surface area (Å²) in [5.41, 5.74) is 2.63. The highest BCUT2D eigenvalue weighted by atomic mass is 79.9. The highest BCUT2D eigenvalue weighted by molar-refractivity contribution is 9.10. The summed E-state index contributed by atoms with van der Waals surface area (Å²) < 4.78 is 2.65. The Hall–Kier alpha value is -1.66. The van der Waals surface area contributed by atoms with Crippen molar-refractivity contribution in [2.45, 2.75) is 13.0 Å². The second-order valence-corrected chi connectivity index (χ2v) is 5.43. The number of aromatic nitrogens is 2. The van der Waals surface area contributed by atoms with Gasteiger partial charge in [-0.15, -0.1) is 0 Å². The predicted octanol–water partition coefficient (Wildman–Crippen LogP) is 2.39. The monoisotopic (exact) mass is 336 g/mol. The van der Waals surface area contributed by atoms with Crippen molar-refractivity contribution < 1.29 is 4.79 Å². The number of likely N-dealkylation sites (N-methyl/N-ethyl adjacent to an activating group) is 1. The SMILES string of the molecule is CNC(C(=O)Nc1cccc(Br)c1C)c1cnn(C)c1. The molecule has 2 N–H and O–H groups in total. The van der Waals surface area contributed by atoms with Crippen LogP contribution in [0.25, 0.3) is 0 Å². The number of nitrogens with zero attached hydrogens (tertiary/aromatic N) is 2. The highest BCUT2D eigenvalue weighted by Crippen LogP contribution is 2.24. The molecule has 1 amide bonds. The van der Waals surface area contributed by atoms with Gasteiger partial charge in [-0.2, -0.15) is 5.10 Å². The first-order chi connectivity index (χ1) is 9.52. The van der Waals surface area contributed by atoms with Gasteiger partial charge in [0.25, 0.3) is 0 Å². The van der Waals surface area contributed by atoms with Crippen LogP contribution in [0.2, 0.25) is 0 Å². The van der Waals surface area contributed by atoms with Crippen molar-refractivity contribution in [1.29, 1.82) is 0 Å². The zero-order valence-electron chi connectivity index (χ0n) is 11.6. The van der Waals surface area contributed by atoms with Crippen molar-refractivity contribution in [3.63, 3.8) is 0 Å². The molecule has 0 saturated heterocycles. The molecule has 0 radical (unpaired) electrons. The molecule has 0 spiro atoms. The molecule has 1 atom stereocenters. The molecule has 0 fully saturated rings. The molecule has 0 saturated carbocycles. The molecule has 106 valence electrons. The fraction of sp³-hybridized carbons (Fsp3) is 0.286. The van der Waals surface area contributed by atoms with Crippen LogP contribution in [0.5, 0.6) is 0 Å². The minimum absolute atomic E-state index is 0.110. The van der Waals surface area contributed by atoms with E-state index in [4.69, 9.17) is 0 Å². The standard InChI is InChI=1S/C14H17BrN4O/c1-9-11(15)5-4-6-12(9)18-14(20)13(16-2)10-7-17-19(3)8-10/h4-8,13,16H,1-3H3,(H,18,20). The third kappa shape index (κ3) is 3.08. The largest absolute Gasteiger partial charge is 0.324 e. The maximum Gasteiger partial charge on any atom is 0.246 e. The number of rotatable bonds is 4. The van der Waals surface area contributed by atoms with Gasteiger partial charge in [-0.05, 0) is 31.7 Å². The molecule has 0 aliphatic rings.